The number of aliphatic hydroxyl groups excluding tert-OH is 2. The standard InChI is InChI=1S/C37H35FN2O6S/c38-30-18-23(11-13-32(30)42)17-24(31-10-4-5-15-39-31)12-14-33(43)34-25(22-46-26-7-2-1-3-8-26)19-28-35(29(34)21-41)37(45)40(36(28)44)20-27-9-6-16-47-27/h1-11,13,15-18,28-29,33,35,41-43H,12,14,19-22H2/b24-17-/t28-,29+,33-,35-/m1/s1. The van der Waals surface area contributed by atoms with Crippen LogP contribution in [0.5, 0.6) is 11.5 Å². The first-order valence-corrected chi connectivity index (χ1v) is 16.4. The van der Waals surface area contributed by atoms with Crippen LogP contribution in [0.15, 0.2) is 102 Å². The van der Waals surface area contributed by atoms with Crippen molar-refractivity contribution in [3.63, 3.8) is 0 Å². The van der Waals surface area contributed by atoms with E-state index in [9.17, 15) is 29.3 Å². The minimum Gasteiger partial charge on any atom is -0.505 e. The van der Waals surface area contributed by atoms with Crippen molar-refractivity contribution in [3.05, 3.63) is 124 Å². The average molecular weight is 655 g/mol. The van der Waals surface area contributed by atoms with Gasteiger partial charge in [0, 0.05) is 17.0 Å². The number of aromatic nitrogens is 1. The van der Waals surface area contributed by atoms with E-state index in [4.69, 9.17) is 4.74 Å². The number of amides is 2. The zero-order valence-electron chi connectivity index (χ0n) is 25.5. The Morgan fingerprint density at radius 1 is 1.06 bits per heavy atom. The second-order valence-corrected chi connectivity index (χ2v) is 12.8. The molecule has 0 spiro atoms. The van der Waals surface area contributed by atoms with Crippen molar-refractivity contribution < 1.29 is 34.0 Å². The molecular formula is C37H35FN2O6S. The molecule has 47 heavy (non-hydrogen) atoms. The maximum Gasteiger partial charge on any atom is 0.234 e. The molecule has 2 aliphatic rings. The number of pyridine rings is 1. The Morgan fingerprint density at radius 3 is 2.57 bits per heavy atom. The quantitative estimate of drug-likeness (QED) is 0.129. The Morgan fingerprint density at radius 2 is 1.87 bits per heavy atom. The molecule has 1 aliphatic carbocycles. The van der Waals surface area contributed by atoms with E-state index in [2.05, 4.69) is 4.98 Å². The van der Waals surface area contributed by atoms with Crippen LogP contribution in [0.25, 0.3) is 11.6 Å². The Bertz CT molecular complexity index is 1780. The van der Waals surface area contributed by atoms with E-state index < -0.39 is 42.0 Å². The van der Waals surface area contributed by atoms with Gasteiger partial charge in [-0.25, -0.2) is 4.39 Å². The van der Waals surface area contributed by atoms with E-state index in [0.717, 1.165) is 10.5 Å². The van der Waals surface area contributed by atoms with Gasteiger partial charge in [0.15, 0.2) is 11.6 Å². The van der Waals surface area contributed by atoms with E-state index in [1.54, 1.807) is 24.4 Å². The van der Waals surface area contributed by atoms with E-state index in [0.29, 0.717) is 34.6 Å². The van der Waals surface area contributed by atoms with Crippen molar-refractivity contribution in [1.29, 1.82) is 0 Å². The van der Waals surface area contributed by atoms with Crippen LogP contribution < -0.4 is 4.74 Å². The number of halogens is 1. The Balaban J connectivity index is 1.31. The predicted octanol–water partition coefficient (Wildman–Crippen LogP) is 5.86. The SMILES string of the molecule is O=C1[C@@H]2[C@@H](CC(COc3ccccc3)=C([C@H](O)CC/C(=C/c3ccc(O)c(F)c3)c3ccccn3)[C@@H]2CO)C(=O)N1Cc1cccs1. The molecule has 0 saturated carbocycles. The molecule has 2 amide bonds. The van der Waals surface area contributed by atoms with E-state index >= 15 is 0 Å². The number of ether oxygens (including phenoxy) is 1. The number of rotatable bonds is 12. The van der Waals surface area contributed by atoms with E-state index in [1.165, 1.54) is 28.4 Å². The fourth-order valence-electron chi connectivity index (χ4n) is 6.65. The van der Waals surface area contributed by atoms with Crippen LogP contribution in [-0.4, -0.2) is 56.3 Å². The van der Waals surface area contributed by atoms with Gasteiger partial charge in [-0.1, -0.05) is 36.4 Å². The van der Waals surface area contributed by atoms with Crippen LogP contribution in [0.1, 0.15) is 35.4 Å². The number of fused-ring (bicyclic) bond motifs is 1. The number of aromatic hydroxyl groups is 1. The predicted molar refractivity (Wildman–Crippen MR) is 176 cm³/mol. The highest BCUT2D eigenvalue weighted by Gasteiger charge is 2.55. The highest BCUT2D eigenvalue weighted by molar-refractivity contribution is 7.09. The number of phenolic OH excluding ortho intramolecular Hbond substituents is 1. The van der Waals surface area contributed by atoms with Gasteiger partial charge in [0.05, 0.1) is 36.8 Å². The van der Waals surface area contributed by atoms with Crippen molar-refractivity contribution in [2.75, 3.05) is 13.2 Å². The third-order valence-corrected chi connectivity index (χ3v) is 9.74. The largest absolute Gasteiger partial charge is 0.505 e. The second kappa shape index (κ2) is 14.4. The van der Waals surface area contributed by atoms with Gasteiger partial charge in [-0.15, -0.1) is 11.3 Å². The molecule has 1 fully saturated rings. The molecule has 2 aromatic heterocycles. The van der Waals surface area contributed by atoms with Crippen molar-refractivity contribution in [2.24, 2.45) is 17.8 Å². The van der Waals surface area contributed by atoms with Crippen LogP contribution >= 0.6 is 11.3 Å². The summed E-state index contributed by atoms with van der Waals surface area (Å²) in [5.74, 6) is -3.46. The normalized spacial score (nSPS) is 20.4. The number of phenols is 1. The first-order valence-electron chi connectivity index (χ1n) is 15.5. The third-order valence-electron chi connectivity index (χ3n) is 8.88. The lowest BCUT2D eigenvalue weighted by Crippen LogP contribution is -2.40. The topological polar surface area (TPSA) is 120 Å². The number of aliphatic hydroxyl groups is 2. The number of carbonyl (C=O) groups excluding carboxylic acids is 2. The van der Waals surface area contributed by atoms with Gasteiger partial charge in [0.2, 0.25) is 11.8 Å². The Kier molecular flexibility index (Phi) is 9.91. The molecule has 2 aromatic carbocycles. The molecule has 1 saturated heterocycles. The number of carbonyl (C=O) groups is 2. The van der Waals surface area contributed by atoms with E-state index in [-0.39, 0.29) is 37.8 Å². The molecule has 10 heteroatoms. The van der Waals surface area contributed by atoms with Crippen LogP contribution in [0.3, 0.4) is 0 Å². The fourth-order valence-corrected chi connectivity index (χ4v) is 7.34. The number of benzene rings is 2. The highest BCUT2D eigenvalue weighted by Crippen LogP contribution is 2.47. The molecule has 0 radical (unpaired) electrons. The van der Waals surface area contributed by atoms with Gasteiger partial charge < -0.3 is 20.1 Å². The fraction of sp³-hybridized carbons (Fsp3) is 0.270. The number of thiophene rings is 1. The number of para-hydroxylation sites is 1. The first-order chi connectivity index (χ1) is 22.8. The minimum atomic E-state index is -1.08. The zero-order chi connectivity index (χ0) is 32.9. The van der Waals surface area contributed by atoms with Crippen molar-refractivity contribution in [3.8, 4) is 11.5 Å². The number of hydrogen-bond acceptors (Lipinski definition) is 8. The van der Waals surface area contributed by atoms with Crippen LogP contribution in [0.4, 0.5) is 4.39 Å². The van der Waals surface area contributed by atoms with Gasteiger partial charge in [-0.05, 0) is 95.5 Å². The lowest BCUT2D eigenvalue weighted by molar-refractivity contribution is -0.140. The summed E-state index contributed by atoms with van der Waals surface area (Å²) < 4.78 is 20.3. The zero-order valence-corrected chi connectivity index (χ0v) is 26.4. The maximum atomic E-state index is 14.2. The monoisotopic (exact) mass is 654 g/mol. The summed E-state index contributed by atoms with van der Waals surface area (Å²) >= 11 is 1.47. The molecule has 4 aromatic rings. The molecular weight excluding hydrogens is 619 g/mol. The summed E-state index contributed by atoms with van der Waals surface area (Å²) in [6.07, 6.45) is 3.06. The highest BCUT2D eigenvalue weighted by atomic mass is 32.1. The van der Waals surface area contributed by atoms with Gasteiger partial charge in [-0.3, -0.25) is 19.5 Å². The number of imide groups is 1. The van der Waals surface area contributed by atoms with E-state index in [1.807, 2.05) is 60.0 Å². The summed E-state index contributed by atoms with van der Waals surface area (Å²) in [5, 5.41) is 34.2. The molecule has 4 atom stereocenters. The molecule has 8 nitrogen and oxygen atoms in total. The van der Waals surface area contributed by atoms with Crippen molar-refractivity contribution >= 4 is 34.8 Å². The molecule has 3 N–H and O–H groups in total. The van der Waals surface area contributed by atoms with Gasteiger partial charge >= 0.3 is 0 Å². The summed E-state index contributed by atoms with van der Waals surface area (Å²) in [4.78, 5) is 34.1. The first kappa shape index (κ1) is 32.3. The van der Waals surface area contributed by atoms with Crippen LogP contribution in [0, 0.1) is 23.6 Å². The average Bonchev–Trinajstić information content (AvgIpc) is 3.70. The number of hydrogen-bond donors (Lipinski definition) is 3. The Hall–Kier alpha value is -4.64. The number of allylic oxidation sites excluding steroid dienone is 1. The van der Waals surface area contributed by atoms with Gasteiger partial charge in [0.25, 0.3) is 0 Å². The minimum absolute atomic E-state index is 0.0816. The third kappa shape index (κ3) is 7.05. The lowest BCUT2D eigenvalue weighted by atomic mass is 9.68. The summed E-state index contributed by atoms with van der Waals surface area (Å²) in [5.41, 5.74) is 3.07. The lowest BCUT2D eigenvalue weighted by Gasteiger charge is -2.36. The summed E-state index contributed by atoms with van der Waals surface area (Å²) in [7, 11) is 0. The maximum absolute atomic E-state index is 14.2. The van der Waals surface area contributed by atoms with Crippen molar-refractivity contribution in [2.45, 2.75) is 31.9 Å². The second-order valence-electron chi connectivity index (χ2n) is 11.8. The molecule has 0 unspecified atom stereocenters. The number of likely N-dealkylation sites (tertiary alicyclic amines) is 1. The van der Waals surface area contributed by atoms with Crippen LogP contribution in [-0.2, 0) is 16.1 Å². The molecule has 1 aliphatic heterocycles. The summed E-state index contributed by atoms with van der Waals surface area (Å²) in [6, 6.07) is 22.5. The molecule has 0 bridgehead atoms. The summed E-state index contributed by atoms with van der Waals surface area (Å²) in [6.45, 7) is -0.174. The smallest absolute Gasteiger partial charge is 0.234 e. The molecule has 242 valence electrons. The van der Waals surface area contributed by atoms with Crippen molar-refractivity contribution in [1.82, 2.24) is 9.88 Å². The Labute approximate surface area is 276 Å². The van der Waals surface area contributed by atoms with Gasteiger partial charge in [-0.2, -0.15) is 0 Å². The number of nitrogens with zero attached hydrogens (tertiary/aromatic N) is 2. The van der Waals surface area contributed by atoms with Crippen LogP contribution in [0.2, 0.25) is 0 Å². The molecule has 3 heterocycles. The van der Waals surface area contributed by atoms with Gasteiger partial charge in [0.1, 0.15) is 12.4 Å². The molecule has 6 rings (SSSR count).